The van der Waals surface area contributed by atoms with Crippen LogP contribution in [0, 0.1) is 6.92 Å². The first-order valence-electron chi connectivity index (χ1n) is 6.80. The lowest BCUT2D eigenvalue weighted by atomic mass is 10.1. The van der Waals surface area contributed by atoms with Crippen LogP contribution in [0.2, 0.25) is 5.02 Å². The largest absolute Gasteiger partial charge is 0.298 e. The molecule has 0 atom stereocenters. The Balaban J connectivity index is 2.03. The summed E-state index contributed by atoms with van der Waals surface area (Å²) in [5.41, 5.74) is 0.572. The van der Waals surface area contributed by atoms with Crippen LogP contribution in [0.25, 0.3) is 6.08 Å². The molecule has 122 valence electrons. The molecule has 0 unspecified atom stereocenters. The van der Waals surface area contributed by atoms with Crippen molar-refractivity contribution in [2.45, 2.75) is 6.92 Å². The SMILES string of the molecule is Cc1cc(Br)c(C=C2C(=O)NC(=S)N(c3ccc(Cl)cc3)C2=O)s1. The molecule has 1 aromatic carbocycles. The fraction of sp³-hybridized carbons (Fsp3) is 0.0625. The number of benzene rings is 1. The summed E-state index contributed by atoms with van der Waals surface area (Å²) in [5, 5.41) is 3.15. The van der Waals surface area contributed by atoms with Crippen molar-refractivity contribution in [1.82, 2.24) is 5.32 Å². The molecule has 1 saturated heterocycles. The minimum absolute atomic E-state index is 0.0288. The van der Waals surface area contributed by atoms with Gasteiger partial charge in [0.2, 0.25) is 0 Å². The maximum absolute atomic E-state index is 12.8. The van der Waals surface area contributed by atoms with Gasteiger partial charge in [-0.1, -0.05) is 11.6 Å². The Morgan fingerprint density at radius 3 is 2.54 bits per heavy atom. The first kappa shape index (κ1) is 17.3. The summed E-state index contributed by atoms with van der Waals surface area (Å²) in [6.45, 7) is 1.95. The molecule has 0 radical (unpaired) electrons. The Morgan fingerprint density at radius 2 is 1.96 bits per heavy atom. The Labute approximate surface area is 161 Å². The van der Waals surface area contributed by atoms with Crippen molar-refractivity contribution in [3.05, 3.63) is 55.2 Å². The maximum Gasteiger partial charge on any atom is 0.270 e. The topological polar surface area (TPSA) is 49.4 Å². The number of hydrogen-bond donors (Lipinski definition) is 1. The molecule has 2 aromatic rings. The normalized spacial score (nSPS) is 16.7. The summed E-state index contributed by atoms with van der Waals surface area (Å²) in [5.74, 6) is -0.975. The van der Waals surface area contributed by atoms with E-state index in [0.29, 0.717) is 10.7 Å². The van der Waals surface area contributed by atoms with Crippen LogP contribution in [0.5, 0.6) is 0 Å². The number of halogens is 2. The van der Waals surface area contributed by atoms with Gasteiger partial charge in [-0.2, -0.15) is 0 Å². The zero-order valence-corrected chi connectivity index (χ0v) is 16.3. The molecule has 24 heavy (non-hydrogen) atoms. The number of amides is 2. The van der Waals surface area contributed by atoms with Crippen molar-refractivity contribution in [1.29, 1.82) is 0 Å². The van der Waals surface area contributed by atoms with E-state index in [2.05, 4.69) is 21.2 Å². The van der Waals surface area contributed by atoms with Gasteiger partial charge in [-0.15, -0.1) is 11.3 Å². The van der Waals surface area contributed by atoms with Gasteiger partial charge in [-0.25, -0.2) is 0 Å². The van der Waals surface area contributed by atoms with Gasteiger partial charge >= 0.3 is 0 Å². The summed E-state index contributed by atoms with van der Waals surface area (Å²) >= 11 is 16.0. The molecule has 2 heterocycles. The Bertz CT molecular complexity index is 890. The highest BCUT2D eigenvalue weighted by Gasteiger charge is 2.34. The summed E-state index contributed by atoms with van der Waals surface area (Å²) in [6.07, 6.45) is 1.57. The van der Waals surface area contributed by atoms with E-state index in [4.69, 9.17) is 23.8 Å². The molecule has 0 spiro atoms. The van der Waals surface area contributed by atoms with Crippen LogP contribution in [0.15, 0.2) is 40.4 Å². The highest BCUT2D eigenvalue weighted by molar-refractivity contribution is 9.10. The average molecular weight is 442 g/mol. The van der Waals surface area contributed by atoms with Gasteiger partial charge in [0.25, 0.3) is 11.8 Å². The lowest BCUT2D eigenvalue weighted by Crippen LogP contribution is -2.54. The number of thiophene rings is 1. The Kier molecular flexibility index (Phi) is 4.87. The predicted octanol–water partition coefficient (Wildman–Crippen LogP) is 4.30. The molecular weight excluding hydrogens is 432 g/mol. The van der Waals surface area contributed by atoms with Crippen molar-refractivity contribution in [2.24, 2.45) is 0 Å². The third-order valence-electron chi connectivity index (χ3n) is 3.30. The number of nitrogens with zero attached hydrogens (tertiary/aromatic N) is 1. The van der Waals surface area contributed by atoms with E-state index in [-0.39, 0.29) is 10.7 Å². The van der Waals surface area contributed by atoms with Crippen molar-refractivity contribution >= 4 is 79.8 Å². The third kappa shape index (κ3) is 3.30. The minimum Gasteiger partial charge on any atom is -0.298 e. The molecule has 1 aromatic heterocycles. The van der Waals surface area contributed by atoms with Gasteiger partial charge < -0.3 is 0 Å². The molecule has 1 fully saturated rings. The number of carbonyl (C=O) groups is 2. The van der Waals surface area contributed by atoms with E-state index in [0.717, 1.165) is 14.2 Å². The summed E-state index contributed by atoms with van der Waals surface area (Å²) < 4.78 is 0.837. The number of nitrogens with one attached hydrogen (secondary N) is 1. The average Bonchev–Trinajstić information content (AvgIpc) is 2.83. The molecule has 0 bridgehead atoms. The van der Waals surface area contributed by atoms with Gasteiger partial charge in [0.05, 0.1) is 5.69 Å². The van der Waals surface area contributed by atoms with E-state index in [9.17, 15) is 9.59 Å². The van der Waals surface area contributed by atoms with Gasteiger partial charge in [-0.05, 0) is 71.5 Å². The minimum atomic E-state index is -0.506. The smallest absolute Gasteiger partial charge is 0.270 e. The van der Waals surface area contributed by atoms with E-state index in [1.165, 1.54) is 16.2 Å². The molecule has 0 aliphatic carbocycles. The second-order valence-corrected chi connectivity index (χ2v) is 7.97. The summed E-state index contributed by atoms with van der Waals surface area (Å²) in [6, 6.07) is 8.60. The van der Waals surface area contributed by atoms with Crippen LogP contribution in [0.1, 0.15) is 9.75 Å². The van der Waals surface area contributed by atoms with Gasteiger partial charge in [-0.3, -0.25) is 19.8 Å². The second kappa shape index (κ2) is 6.76. The van der Waals surface area contributed by atoms with Crippen LogP contribution < -0.4 is 10.2 Å². The fourth-order valence-corrected chi connectivity index (χ4v) is 4.33. The number of anilines is 1. The van der Waals surface area contributed by atoms with Crippen LogP contribution in [0.4, 0.5) is 5.69 Å². The fourth-order valence-electron chi connectivity index (χ4n) is 2.21. The number of aryl methyl sites for hydroxylation is 1. The number of rotatable bonds is 2. The molecule has 2 amide bonds. The summed E-state index contributed by atoms with van der Waals surface area (Å²) in [4.78, 5) is 28.2. The quantitative estimate of drug-likeness (QED) is 0.429. The molecule has 1 aliphatic rings. The zero-order valence-electron chi connectivity index (χ0n) is 12.3. The lowest BCUT2D eigenvalue weighted by Gasteiger charge is -2.28. The molecule has 0 saturated carbocycles. The van der Waals surface area contributed by atoms with Gasteiger partial charge in [0.15, 0.2) is 5.11 Å². The van der Waals surface area contributed by atoms with Crippen LogP contribution >= 0.6 is 51.1 Å². The Morgan fingerprint density at radius 1 is 1.29 bits per heavy atom. The number of thiocarbonyl (C=S) groups is 1. The van der Waals surface area contributed by atoms with Crippen LogP contribution in [0.3, 0.4) is 0 Å². The molecule has 1 aliphatic heterocycles. The third-order valence-corrected chi connectivity index (χ3v) is 5.75. The molecule has 8 heteroatoms. The van der Waals surface area contributed by atoms with E-state index < -0.39 is 11.8 Å². The van der Waals surface area contributed by atoms with Crippen LogP contribution in [-0.4, -0.2) is 16.9 Å². The van der Waals surface area contributed by atoms with Gasteiger partial charge in [0.1, 0.15) is 5.57 Å². The van der Waals surface area contributed by atoms with Crippen molar-refractivity contribution < 1.29 is 9.59 Å². The van der Waals surface area contributed by atoms with Crippen molar-refractivity contribution in [3.8, 4) is 0 Å². The number of carbonyl (C=O) groups excluding carboxylic acids is 2. The number of hydrogen-bond acceptors (Lipinski definition) is 4. The molecular formula is C16H10BrClN2O2S2. The second-order valence-electron chi connectivity index (χ2n) is 5.00. The Hall–Kier alpha value is -1.54. The maximum atomic E-state index is 12.8. The first-order chi connectivity index (χ1) is 11.4. The highest BCUT2D eigenvalue weighted by Crippen LogP contribution is 2.30. The highest BCUT2D eigenvalue weighted by atomic mass is 79.9. The monoisotopic (exact) mass is 440 g/mol. The van der Waals surface area contributed by atoms with E-state index in [1.54, 1.807) is 30.3 Å². The van der Waals surface area contributed by atoms with Crippen molar-refractivity contribution in [3.63, 3.8) is 0 Å². The van der Waals surface area contributed by atoms with Gasteiger partial charge in [0, 0.05) is 19.2 Å². The molecule has 1 N–H and O–H groups in total. The molecule has 4 nitrogen and oxygen atoms in total. The van der Waals surface area contributed by atoms with Crippen molar-refractivity contribution in [2.75, 3.05) is 4.90 Å². The molecule has 3 rings (SSSR count). The predicted molar refractivity (Wildman–Crippen MR) is 104 cm³/mol. The van der Waals surface area contributed by atoms with E-state index in [1.807, 2.05) is 13.0 Å². The van der Waals surface area contributed by atoms with Crippen LogP contribution in [-0.2, 0) is 9.59 Å². The first-order valence-corrected chi connectivity index (χ1v) is 9.19. The van der Waals surface area contributed by atoms with E-state index >= 15 is 0 Å². The lowest BCUT2D eigenvalue weighted by molar-refractivity contribution is -0.122. The summed E-state index contributed by atoms with van der Waals surface area (Å²) in [7, 11) is 0. The standard InChI is InChI=1S/C16H10BrClN2O2S2/c1-8-6-12(17)13(24-8)7-11-14(21)19-16(23)20(15(11)22)10-4-2-9(18)3-5-10/h2-7H,1H3,(H,19,21,23). The zero-order chi connectivity index (χ0) is 17.4.